The topological polar surface area (TPSA) is 101 Å². The summed E-state index contributed by atoms with van der Waals surface area (Å²) >= 11 is 0. The predicted molar refractivity (Wildman–Crippen MR) is 106 cm³/mol. The molecule has 0 saturated carbocycles. The maximum Gasteiger partial charge on any atom is 0.253 e. The lowest BCUT2D eigenvalue weighted by molar-refractivity contribution is 0.0953. The number of aromatic nitrogens is 1. The Bertz CT molecular complexity index is 1040. The number of nitrogens with one attached hydrogen (secondary N) is 1. The van der Waals surface area contributed by atoms with Crippen LogP contribution in [-0.2, 0) is 0 Å². The van der Waals surface area contributed by atoms with Crippen LogP contribution in [0.3, 0.4) is 0 Å². The molecule has 1 heterocycles. The monoisotopic (exact) mass is 368 g/mol. The number of nitrogens with two attached hydrogens (primary N) is 1. The fourth-order valence-electron chi connectivity index (χ4n) is 3.01. The van der Waals surface area contributed by atoms with Crippen molar-refractivity contribution in [3.63, 3.8) is 0 Å². The quantitative estimate of drug-likeness (QED) is 0.407. The number of rotatable bonds is 5. The van der Waals surface area contributed by atoms with E-state index in [1.54, 1.807) is 13.0 Å². The van der Waals surface area contributed by atoms with E-state index in [4.69, 9.17) is 10.2 Å². The Morgan fingerprint density at radius 1 is 1.30 bits per heavy atom. The molecule has 3 N–H and O–H groups in total. The minimum Gasteiger partial charge on any atom is -0.452 e. The van der Waals surface area contributed by atoms with Gasteiger partial charge in [-0.1, -0.05) is 6.07 Å². The Balaban J connectivity index is 2.06. The van der Waals surface area contributed by atoms with Crippen molar-refractivity contribution in [3.05, 3.63) is 45.1 Å². The van der Waals surface area contributed by atoms with E-state index in [-0.39, 0.29) is 17.0 Å². The molecule has 0 bridgehead atoms. The Kier molecular flexibility index (Phi) is 5.14. The summed E-state index contributed by atoms with van der Waals surface area (Å²) in [5.41, 5.74) is 8.75. The molecular weight excluding hydrogens is 344 g/mol. The first-order chi connectivity index (χ1) is 12.8. The van der Waals surface area contributed by atoms with Crippen LogP contribution >= 0.6 is 0 Å². The summed E-state index contributed by atoms with van der Waals surface area (Å²) in [7, 11) is 3.99. The smallest absolute Gasteiger partial charge is 0.253 e. The summed E-state index contributed by atoms with van der Waals surface area (Å²) < 4.78 is 5.99. The third-order valence-electron chi connectivity index (χ3n) is 4.55. The number of hydrogen-bond donors (Lipinski definition) is 2. The van der Waals surface area contributed by atoms with Gasteiger partial charge in [-0.25, -0.2) is 4.98 Å². The molecule has 3 rings (SSSR count). The van der Waals surface area contributed by atoms with Gasteiger partial charge >= 0.3 is 0 Å². The first-order valence-electron chi connectivity index (χ1n) is 8.85. The van der Waals surface area contributed by atoms with Gasteiger partial charge in [0.1, 0.15) is 11.2 Å². The normalized spacial score (nSPS) is 11.4. The third kappa shape index (κ3) is 3.64. The first kappa shape index (κ1) is 18.8. The predicted octanol–water partition coefficient (Wildman–Crippen LogP) is 2.17. The van der Waals surface area contributed by atoms with Crippen molar-refractivity contribution in [3.8, 4) is 11.5 Å². The molecule has 0 aromatic heterocycles. The number of fused-ring (bicyclic) bond motifs is 2. The largest absolute Gasteiger partial charge is 0.452 e. The van der Waals surface area contributed by atoms with Crippen molar-refractivity contribution in [1.29, 1.82) is 0 Å². The standard InChI is InChI=1S/C20H24N4O3/c1-11-6-7-13(20(26)22-8-5-9-24(3)4)16-18(11)27-19-12(2)17(25)14(21)10-15(19)23-16/h6-7,10H,5,8-9,21H2,1-4H3,(H,22,26). The van der Waals surface area contributed by atoms with Crippen LogP contribution in [0.15, 0.2) is 27.4 Å². The second-order valence-corrected chi connectivity index (χ2v) is 7.00. The van der Waals surface area contributed by atoms with Crippen LogP contribution in [0, 0.1) is 13.8 Å². The minimum atomic E-state index is -0.264. The van der Waals surface area contributed by atoms with E-state index < -0.39 is 0 Å². The highest BCUT2D eigenvalue weighted by atomic mass is 16.3. The fraction of sp³-hybridized carbons (Fsp3) is 0.350. The Morgan fingerprint density at radius 3 is 2.74 bits per heavy atom. The van der Waals surface area contributed by atoms with Gasteiger partial charge in [-0.15, -0.1) is 0 Å². The average molecular weight is 368 g/mol. The summed E-state index contributed by atoms with van der Waals surface area (Å²) in [6.07, 6.45) is 0.852. The zero-order valence-corrected chi connectivity index (χ0v) is 16.0. The molecule has 0 atom stereocenters. The molecule has 7 heteroatoms. The van der Waals surface area contributed by atoms with Gasteiger partial charge in [-0.3, -0.25) is 9.59 Å². The number of benzene rings is 2. The van der Waals surface area contributed by atoms with Crippen molar-refractivity contribution < 1.29 is 9.21 Å². The zero-order valence-electron chi connectivity index (χ0n) is 16.0. The van der Waals surface area contributed by atoms with Crippen LogP contribution in [-0.4, -0.2) is 43.0 Å². The lowest BCUT2D eigenvalue weighted by Gasteiger charge is -2.14. The third-order valence-corrected chi connectivity index (χ3v) is 4.55. The molecular formula is C20H24N4O3. The van der Waals surface area contributed by atoms with E-state index in [9.17, 15) is 9.59 Å². The maximum atomic E-state index is 12.7. The van der Waals surface area contributed by atoms with Gasteiger partial charge < -0.3 is 20.4 Å². The van der Waals surface area contributed by atoms with Crippen LogP contribution in [0.4, 0.5) is 5.69 Å². The molecule has 0 spiro atoms. The summed E-state index contributed by atoms with van der Waals surface area (Å²) in [6, 6.07) is 5.05. The zero-order chi connectivity index (χ0) is 19.7. The molecule has 0 saturated heterocycles. The van der Waals surface area contributed by atoms with Crippen molar-refractivity contribution in [2.75, 3.05) is 32.9 Å². The number of hydrogen-bond acceptors (Lipinski definition) is 6. The number of nitrogens with zero attached hydrogens (tertiary/aromatic N) is 2. The minimum absolute atomic E-state index is 0.115. The maximum absolute atomic E-state index is 12.7. The molecule has 0 fully saturated rings. The van der Waals surface area contributed by atoms with Crippen LogP contribution in [0.25, 0.3) is 22.6 Å². The summed E-state index contributed by atoms with van der Waals surface area (Å²) in [5, 5.41) is 2.92. The SMILES string of the molecule is Cc1c2oc3c(C)ccc(C(=O)NCCCN(C)C)c3nc-2cc(N)c1=O. The molecule has 1 aliphatic heterocycles. The average Bonchev–Trinajstić information content (AvgIpc) is 2.62. The van der Waals surface area contributed by atoms with Gasteiger partial charge in [0, 0.05) is 12.1 Å². The van der Waals surface area contributed by atoms with E-state index in [2.05, 4.69) is 15.2 Å². The fourth-order valence-corrected chi connectivity index (χ4v) is 3.01. The number of carbonyl (C=O) groups is 1. The van der Waals surface area contributed by atoms with E-state index in [0.29, 0.717) is 40.2 Å². The molecule has 1 aromatic rings. The van der Waals surface area contributed by atoms with Gasteiger partial charge in [0.15, 0.2) is 11.3 Å². The van der Waals surface area contributed by atoms with Gasteiger partial charge in [-0.05, 0) is 58.6 Å². The summed E-state index contributed by atoms with van der Waals surface area (Å²) in [5.74, 6) is 0.194. The number of anilines is 1. The highest BCUT2D eigenvalue weighted by Gasteiger charge is 2.20. The van der Waals surface area contributed by atoms with Crippen molar-refractivity contribution in [1.82, 2.24) is 15.2 Å². The number of amides is 1. The van der Waals surface area contributed by atoms with Gasteiger partial charge in [0.05, 0.1) is 11.3 Å². The molecule has 0 radical (unpaired) electrons. The molecule has 27 heavy (non-hydrogen) atoms. The lowest BCUT2D eigenvalue weighted by atomic mass is 10.1. The van der Waals surface area contributed by atoms with E-state index in [0.717, 1.165) is 18.5 Å². The summed E-state index contributed by atoms with van der Waals surface area (Å²) in [6.45, 7) is 5.00. The number of nitrogen functional groups attached to an aromatic ring is 1. The van der Waals surface area contributed by atoms with Crippen LogP contribution in [0.5, 0.6) is 0 Å². The summed E-state index contributed by atoms with van der Waals surface area (Å²) in [4.78, 5) is 31.4. The Hall–Kier alpha value is -2.93. The Morgan fingerprint density at radius 2 is 2.04 bits per heavy atom. The first-order valence-corrected chi connectivity index (χ1v) is 8.85. The van der Waals surface area contributed by atoms with Crippen LogP contribution < -0.4 is 16.5 Å². The molecule has 2 aliphatic rings. The lowest BCUT2D eigenvalue weighted by Crippen LogP contribution is -2.27. The van der Waals surface area contributed by atoms with Crippen molar-refractivity contribution in [2.45, 2.75) is 20.3 Å². The molecule has 7 nitrogen and oxygen atoms in total. The van der Waals surface area contributed by atoms with Crippen LogP contribution in [0.1, 0.15) is 27.9 Å². The highest BCUT2D eigenvalue weighted by Crippen LogP contribution is 2.31. The van der Waals surface area contributed by atoms with Crippen molar-refractivity contribution >= 4 is 22.7 Å². The van der Waals surface area contributed by atoms with E-state index in [1.807, 2.05) is 27.1 Å². The molecule has 1 amide bonds. The second-order valence-electron chi connectivity index (χ2n) is 7.00. The van der Waals surface area contributed by atoms with Crippen molar-refractivity contribution in [2.24, 2.45) is 0 Å². The molecule has 0 unspecified atom stereocenters. The second kappa shape index (κ2) is 7.36. The van der Waals surface area contributed by atoms with Gasteiger partial charge in [0.2, 0.25) is 5.43 Å². The van der Waals surface area contributed by atoms with Crippen LogP contribution in [0.2, 0.25) is 0 Å². The highest BCUT2D eigenvalue weighted by molar-refractivity contribution is 6.05. The van der Waals surface area contributed by atoms with Gasteiger partial charge in [-0.2, -0.15) is 0 Å². The molecule has 1 aromatic carbocycles. The number of carbonyl (C=O) groups excluding carboxylic acids is 1. The van der Waals surface area contributed by atoms with E-state index in [1.165, 1.54) is 6.07 Å². The molecule has 1 aliphatic carbocycles. The molecule has 142 valence electrons. The Labute approximate surface area is 157 Å². The van der Waals surface area contributed by atoms with E-state index >= 15 is 0 Å². The number of aryl methyl sites for hydroxylation is 1. The van der Waals surface area contributed by atoms with Gasteiger partial charge in [0.25, 0.3) is 5.91 Å².